The van der Waals surface area contributed by atoms with Gasteiger partial charge >= 0.3 is 0 Å². The fourth-order valence-electron chi connectivity index (χ4n) is 3.62. The minimum atomic E-state index is -0.862. The van der Waals surface area contributed by atoms with Crippen molar-refractivity contribution in [3.05, 3.63) is 120 Å². The predicted molar refractivity (Wildman–Crippen MR) is 134 cm³/mol. The molecule has 4 nitrogen and oxygen atoms in total. The lowest BCUT2D eigenvalue weighted by Crippen LogP contribution is -2.49. The van der Waals surface area contributed by atoms with Crippen LogP contribution in [0.15, 0.2) is 109 Å². The van der Waals surface area contributed by atoms with Crippen LogP contribution in [0.1, 0.15) is 37.9 Å². The molecule has 0 saturated carbocycles. The van der Waals surface area contributed by atoms with E-state index in [0.717, 1.165) is 11.1 Å². The Morgan fingerprint density at radius 2 is 1.39 bits per heavy atom. The second-order valence-corrected chi connectivity index (χ2v) is 8.88. The van der Waals surface area contributed by atoms with E-state index in [1.54, 1.807) is 4.90 Å². The van der Waals surface area contributed by atoms with Crippen LogP contribution in [0.5, 0.6) is 0 Å². The van der Waals surface area contributed by atoms with E-state index in [1.165, 1.54) is 0 Å². The van der Waals surface area contributed by atoms with E-state index in [2.05, 4.69) is 17.6 Å². The summed E-state index contributed by atoms with van der Waals surface area (Å²) in [4.78, 5) is 29.1. The second kappa shape index (κ2) is 10.6. The van der Waals surface area contributed by atoms with Gasteiger partial charge in [-0.3, -0.25) is 14.5 Å². The van der Waals surface area contributed by atoms with Gasteiger partial charge in [-0.25, -0.2) is 0 Å². The van der Waals surface area contributed by atoms with Gasteiger partial charge in [0.15, 0.2) is 0 Å². The van der Waals surface area contributed by atoms with E-state index >= 15 is 0 Å². The second-order valence-electron chi connectivity index (χ2n) is 8.88. The zero-order valence-corrected chi connectivity index (χ0v) is 19.4. The smallest absolute Gasteiger partial charge is 0.263 e. The summed E-state index contributed by atoms with van der Waals surface area (Å²) in [6.45, 7) is 9.55. The van der Waals surface area contributed by atoms with Gasteiger partial charge in [0.2, 0.25) is 5.91 Å². The highest BCUT2D eigenvalue weighted by molar-refractivity contribution is 6.09. The topological polar surface area (TPSA) is 49.4 Å². The summed E-state index contributed by atoms with van der Waals surface area (Å²) in [5.74, 6) is -0.563. The highest BCUT2D eigenvalue weighted by Crippen LogP contribution is 2.30. The lowest BCUT2D eigenvalue weighted by atomic mass is 9.98. The van der Waals surface area contributed by atoms with Crippen LogP contribution in [-0.4, -0.2) is 17.4 Å². The highest BCUT2D eigenvalue weighted by atomic mass is 16.2. The van der Waals surface area contributed by atoms with Crippen molar-refractivity contribution in [3.8, 4) is 0 Å². The van der Waals surface area contributed by atoms with E-state index in [-0.39, 0.29) is 11.8 Å². The Morgan fingerprint density at radius 3 is 1.91 bits per heavy atom. The molecule has 0 spiro atoms. The summed E-state index contributed by atoms with van der Waals surface area (Å²) >= 11 is 0. The molecule has 3 aromatic carbocycles. The SMILES string of the molecule is C=C=C(Cc1ccccc1)C(=O)N(c1ccccc1)[C@@H](C(=O)NC(C)(C)C)c1ccccc1. The molecule has 3 aromatic rings. The Labute approximate surface area is 196 Å². The molecule has 0 heterocycles. The molecule has 0 fully saturated rings. The van der Waals surface area contributed by atoms with Crippen molar-refractivity contribution >= 4 is 17.5 Å². The number of nitrogens with zero attached hydrogens (tertiary/aromatic N) is 1. The predicted octanol–water partition coefficient (Wildman–Crippen LogP) is 5.63. The minimum absolute atomic E-state index is 0.256. The third-order valence-electron chi connectivity index (χ3n) is 5.07. The molecule has 0 aliphatic carbocycles. The number of hydrogen-bond donors (Lipinski definition) is 1. The number of benzene rings is 3. The van der Waals surface area contributed by atoms with Crippen molar-refractivity contribution in [2.45, 2.75) is 38.8 Å². The molecule has 1 N–H and O–H groups in total. The number of carbonyl (C=O) groups excluding carboxylic acids is 2. The first-order chi connectivity index (χ1) is 15.8. The molecule has 4 heteroatoms. The number of rotatable bonds is 7. The summed E-state index contributed by atoms with van der Waals surface area (Å²) in [5, 5.41) is 3.05. The standard InChI is InChI=1S/C29H30N2O2/c1-5-23(21-22-15-9-6-10-16-22)28(33)31(25-19-13-8-14-20-25)26(24-17-11-7-12-18-24)27(32)30-29(2,3)4/h6-20,26H,1,21H2,2-4H3,(H,30,32)/t26-/m1/s1. The largest absolute Gasteiger partial charge is 0.349 e. The van der Waals surface area contributed by atoms with Crippen molar-refractivity contribution in [3.63, 3.8) is 0 Å². The van der Waals surface area contributed by atoms with E-state index in [1.807, 2.05) is 112 Å². The fraction of sp³-hybridized carbons (Fsp3) is 0.207. The maximum atomic E-state index is 14.0. The molecule has 0 saturated heterocycles. The number of hydrogen-bond acceptors (Lipinski definition) is 2. The first kappa shape index (κ1) is 23.8. The monoisotopic (exact) mass is 438 g/mol. The van der Waals surface area contributed by atoms with Crippen LogP contribution in [0.25, 0.3) is 0 Å². The summed E-state index contributed by atoms with van der Waals surface area (Å²) in [6, 6.07) is 27.5. The van der Waals surface area contributed by atoms with Crippen molar-refractivity contribution in [1.29, 1.82) is 0 Å². The number of nitrogens with one attached hydrogen (secondary N) is 1. The van der Waals surface area contributed by atoms with Crippen LogP contribution in [0.3, 0.4) is 0 Å². The normalized spacial score (nSPS) is 11.7. The Morgan fingerprint density at radius 1 is 0.879 bits per heavy atom. The molecule has 0 unspecified atom stereocenters. The first-order valence-corrected chi connectivity index (χ1v) is 11.0. The maximum absolute atomic E-state index is 14.0. The summed E-state index contributed by atoms with van der Waals surface area (Å²) in [6.07, 6.45) is 0.370. The summed E-state index contributed by atoms with van der Waals surface area (Å²) in [5.41, 5.74) is 5.09. The van der Waals surface area contributed by atoms with Gasteiger partial charge in [0.1, 0.15) is 6.04 Å². The van der Waals surface area contributed by atoms with E-state index in [9.17, 15) is 9.59 Å². The molecular weight excluding hydrogens is 408 g/mol. The third kappa shape index (κ3) is 6.31. The molecular formula is C29H30N2O2. The van der Waals surface area contributed by atoms with Gasteiger partial charge in [-0.15, -0.1) is 5.73 Å². The van der Waals surface area contributed by atoms with Gasteiger partial charge < -0.3 is 5.32 Å². The van der Waals surface area contributed by atoms with Crippen molar-refractivity contribution in [1.82, 2.24) is 5.32 Å². The van der Waals surface area contributed by atoms with Gasteiger partial charge in [0.05, 0.1) is 5.57 Å². The van der Waals surface area contributed by atoms with Crippen LogP contribution in [0, 0.1) is 0 Å². The van der Waals surface area contributed by atoms with E-state index in [0.29, 0.717) is 17.7 Å². The van der Waals surface area contributed by atoms with Crippen LogP contribution in [0.2, 0.25) is 0 Å². The number of amides is 2. The Balaban J connectivity index is 2.11. The molecule has 2 amide bonds. The van der Waals surface area contributed by atoms with Crippen LogP contribution in [-0.2, 0) is 16.0 Å². The average molecular weight is 439 g/mol. The average Bonchev–Trinajstić information content (AvgIpc) is 2.81. The fourth-order valence-corrected chi connectivity index (χ4v) is 3.62. The van der Waals surface area contributed by atoms with Crippen molar-refractivity contribution in [2.75, 3.05) is 4.90 Å². The number of carbonyl (C=O) groups is 2. The molecule has 33 heavy (non-hydrogen) atoms. The van der Waals surface area contributed by atoms with Crippen molar-refractivity contribution in [2.24, 2.45) is 0 Å². The molecule has 0 aliphatic rings. The van der Waals surface area contributed by atoms with Gasteiger partial charge in [-0.1, -0.05) is 85.4 Å². The molecule has 0 radical (unpaired) electrons. The van der Waals surface area contributed by atoms with Gasteiger partial charge in [-0.05, 0) is 44.0 Å². The molecule has 0 aliphatic heterocycles. The molecule has 168 valence electrons. The lowest BCUT2D eigenvalue weighted by molar-refractivity contribution is -0.126. The maximum Gasteiger partial charge on any atom is 0.263 e. The Hall–Kier alpha value is -3.88. The van der Waals surface area contributed by atoms with E-state index in [4.69, 9.17) is 0 Å². The third-order valence-corrected chi connectivity index (χ3v) is 5.07. The summed E-state index contributed by atoms with van der Waals surface area (Å²) < 4.78 is 0. The molecule has 0 bridgehead atoms. The molecule has 3 rings (SSSR count). The number of anilines is 1. The highest BCUT2D eigenvalue weighted by Gasteiger charge is 2.35. The van der Waals surface area contributed by atoms with Crippen LogP contribution >= 0.6 is 0 Å². The van der Waals surface area contributed by atoms with E-state index < -0.39 is 11.6 Å². The summed E-state index contributed by atoms with van der Waals surface area (Å²) in [7, 11) is 0. The number of para-hydroxylation sites is 1. The first-order valence-electron chi connectivity index (χ1n) is 11.0. The zero-order chi connectivity index (χ0) is 23.8. The van der Waals surface area contributed by atoms with Crippen LogP contribution in [0.4, 0.5) is 5.69 Å². The lowest BCUT2D eigenvalue weighted by Gasteiger charge is -2.34. The molecule has 0 aromatic heterocycles. The van der Waals surface area contributed by atoms with Crippen LogP contribution < -0.4 is 10.2 Å². The van der Waals surface area contributed by atoms with Crippen molar-refractivity contribution < 1.29 is 9.59 Å². The zero-order valence-electron chi connectivity index (χ0n) is 19.4. The Kier molecular flexibility index (Phi) is 7.66. The molecule has 1 atom stereocenters. The Bertz CT molecular complexity index is 1130. The van der Waals surface area contributed by atoms with Gasteiger partial charge in [-0.2, -0.15) is 0 Å². The minimum Gasteiger partial charge on any atom is -0.349 e. The quantitative estimate of drug-likeness (QED) is 0.384. The van der Waals surface area contributed by atoms with Gasteiger partial charge in [0.25, 0.3) is 5.91 Å². The van der Waals surface area contributed by atoms with Gasteiger partial charge in [0, 0.05) is 17.6 Å².